The Balaban J connectivity index is 1.76. The van der Waals surface area contributed by atoms with Crippen molar-refractivity contribution in [3.63, 3.8) is 0 Å². The molecule has 1 aliphatic carbocycles. The van der Waals surface area contributed by atoms with Gasteiger partial charge in [0.1, 0.15) is 18.0 Å². The van der Waals surface area contributed by atoms with E-state index in [1.807, 2.05) is 18.2 Å². The van der Waals surface area contributed by atoms with Gasteiger partial charge in [-0.3, -0.25) is 9.59 Å². The van der Waals surface area contributed by atoms with Crippen molar-refractivity contribution in [3.8, 4) is 5.75 Å². The smallest absolute Gasteiger partial charge is 0.323 e. The Morgan fingerprint density at radius 1 is 1.28 bits per heavy atom. The van der Waals surface area contributed by atoms with E-state index in [4.69, 9.17) is 4.74 Å². The first-order valence-corrected chi connectivity index (χ1v) is 9.83. The largest absolute Gasteiger partial charge is 0.490 e. The first kappa shape index (κ1) is 16.5. The lowest BCUT2D eigenvalue weighted by Gasteiger charge is -2.23. The number of benzene rings is 1. The first-order chi connectivity index (χ1) is 12.1. The fourth-order valence-corrected chi connectivity index (χ4v) is 4.81. The Morgan fingerprint density at radius 2 is 2.08 bits per heavy atom. The fourth-order valence-electron chi connectivity index (χ4n) is 3.95. The third kappa shape index (κ3) is 3.15. The lowest BCUT2D eigenvalue weighted by molar-refractivity contribution is -0.137. The topological polar surface area (TPSA) is 68.5 Å². The van der Waals surface area contributed by atoms with Crippen molar-refractivity contribution in [1.29, 1.82) is 0 Å². The summed E-state index contributed by atoms with van der Waals surface area (Å²) < 4.78 is 7.80. The molecule has 0 bridgehead atoms. The summed E-state index contributed by atoms with van der Waals surface area (Å²) in [6.07, 6.45) is 6.93. The molecular weight excluding hydrogens is 338 g/mol. The minimum absolute atomic E-state index is 0.0338. The molecule has 0 atom stereocenters. The van der Waals surface area contributed by atoms with Crippen LogP contribution in [0.5, 0.6) is 5.75 Å². The molecule has 0 amide bonds. The number of carboxylic acid groups (broad SMARTS) is 1. The van der Waals surface area contributed by atoms with Crippen molar-refractivity contribution >= 4 is 33.7 Å². The third-order valence-corrected chi connectivity index (χ3v) is 5.93. The highest BCUT2D eigenvalue weighted by Gasteiger charge is 2.28. The Bertz CT molecular complexity index is 836. The number of nitrogens with zero attached hydrogens (tertiary/aromatic N) is 1. The van der Waals surface area contributed by atoms with Crippen LogP contribution in [0, 0.1) is 0 Å². The highest BCUT2D eigenvalue weighted by atomic mass is 32.2. The Hall–Kier alpha value is -1.95. The maximum atomic E-state index is 12.4. The molecule has 1 saturated carbocycles. The van der Waals surface area contributed by atoms with Crippen molar-refractivity contribution in [3.05, 3.63) is 29.5 Å². The summed E-state index contributed by atoms with van der Waals surface area (Å²) in [6.45, 7) is -0.193. The number of aromatic nitrogens is 1. The Morgan fingerprint density at radius 3 is 2.84 bits per heavy atom. The molecule has 132 valence electrons. The molecule has 1 N–H and O–H groups in total. The number of hydrogen-bond donors (Lipinski definition) is 1. The zero-order chi connectivity index (χ0) is 17.4. The SMILES string of the molecule is O=C(O)Cn1c2c(c3cc(OC4CCCCC4)ccc31)CCSC2=O. The number of ether oxygens (including phenoxy) is 1. The van der Waals surface area contributed by atoms with Gasteiger partial charge in [-0.05, 0) is 55.9 Å². The zero-order valence-corrected chi connectivity index (χ0v) is 14.8. The summed E-state index contributed by atoms with van der Waals surface area (Å²) in [5.74, 6) is 0.622. The molecule has 0 spiro atoms. The van der Waals surface area contributed by atoms with Gasteiger partial charge in [-0.2, -0.15) is 0 Å². The van der Waals surface area contributed by atoms with E-state index in [9.17, 15) is 14.7 Å². The van der Waals surface area contributed by atoms with Gasteiger partial charge in [0.05, 0.1) is 6.10 Å². The van der Waals surface area contributed by atoms with Gasteiger partial charge in [-0.25, -0.2) is 0 Å². The molecule has 5 nitrogen and oxygen atoms in total. The predicted molar refractivity (Wildman–Crippen MR) is 97.6 cm³/mol. The second-order valence-electron chi connectivity index (χ2n) is 6.75. The highest BCUT2D eigenvalue weighted by molar-refractivity contribution is 8.14. The van der Waals surface area contributed by atoms with Gasteiger partial charge < -0.3 is 14.4 Å². The van der Waals surface area contributed by atoms with Gasteiger partial charge in [0, 0.05) is 16.7 Å². The van der Waals surface area contributed by atoms with Crippen LogP contribution < -0.4 is 4.74 Å². The third-order valence-electron chi connectivity index (χ3n) is 5.07. The molecule has 0 saturated heterocycles. The van der Waals surface area contributed by atoms with Crippen LogP contribution in [0.4, 0.5) is 0 Å². The van der Waals surface area contributed by atoms with Crippen molar-refractivity contribution < 1.29 is 19.4 Å². The van der Waals surface area contributed by atoms with E-state index in [1.165, 1.54) is 31.0 Å². The number of carboxylic acids is 1. The normalized spacial score (nSPS) is 18.3. The second-order valence-corrected chi connectivity index (χ2v) is 7.82. The number of fused-ring (bicyclic) bond motifs is 3. The second kappa shape index (κ2) is 6.75. The lowest BCUT2D eigenvalue weighted by atomic mass is 9.98. The van der Waals surface area contributed by atoms with Gasteiger partial charge in [0.25, 0.3) is 0 Å². The Kier molecular flexibility index (Phi) is 4.46. The number of thioether (sulfide) groups is 1. The first-order valence-electron chi connectivity index (χ1n) is 8.84. The van der Waals surface area contributed by atoms with Gasteiger partial charge in [0.2, 0.25) is 5.12 Å². The van der Waals surface area contributed by atoms with Crippen molar-refractivity contribution in [2.24, 2.45) is 0 Å². The van der Waals surface area contributed by atoms with E-state index >= 15 is 0 Å². The van der Waals surface area contributed by atoms with Crippen molar-refractivity contribution in [1.82, 2.24) is 4.57 Å². The quantitative estimate of drug-likeness (QED) is 0.897. The molecule has 1 aromatic heterocycles. The lowest BCUT2D eigenvalue weighted by Crippen LogP contribution is -2.19. The predicted octanol–water partition coefficient (Wildman–Crippen LogP) is 3.87. The molecule has 4 rings (SSSR count). The number of hydrogen-bond acceptors (Lipinski definition) is 4. The van der Waals surface area contributed by atoms with E-state index in [2.05, 4.69) is 0 Å². The maximum Gasteiger partial charge on any atom is 0.323 e. The van der Waals surface area contributed by atoms with Crippen LogP contribution in [-0.2, 0) is 17.8 Å². The van der Waals surface area contributed by atoms with Crippen molar-refractivity contribution in [2.75, 3.05) is 5.75 Å². The van der Waals surface area contributed by atoms with Crippen molar-refractivity contribution in [2.45, 2.75) is 51.2 Å². The standard InChI is InChI=1S/C19H21NO4S/c21-17(22)11-20-16-7-6-13(24-12-4-2-1-3-5-12)10-15(16)14-8-9-25-19(23)18(14)20/h6-7,10,12H,1-5,8-9,11H2,(H,21,22). The van der Waals surface area contributed by atoms with Crippen LogP contribution in [0.2, 0.25) is 0 Å². The Labute approximate surface area is 150 Å². The van der Waals surface area contributed by atoms with Crippen LogP contribution in [0.3, 0.4) is 0 Å². The number of rotatable bonds is 4. The monoisotopic (exact) mass is 359 g/mol. The molecule has 2 aliphatic rings. The summed E-state index contributed by atoms with van der Waals surface area (Å²) in [4.78, 5) is 23.6. The number of aliphatic carboxylic acids is 1. The molecule has 1 fully saturated rings. The average molecular weight is 359 g/mol. The molecule has 2 heterocycles. The molecule has 1 aromatic carbocycles. The van der Waals surface area contributed by atoms with E-state index < -0.39 is 5.97 Å². The molecular formula is C19H21NO4S. The van der Waals surface area contributed by atoms with Gasteiger partial charge in [0.15, 0.2) is 0 Å². The summed E-state index contributed by atoms with van der Waals surface area (Å²) >= 11 is 1.27. The molecule has 6 heteroatoms. The van der Waals surface area contributed by atoms with Gasteiger partial charge >= 0.3 is 5.97 Å². The van der Waals surface area contributed by atoms with E-state index in [0.717, 1.165) is 47.2 Å². The minimum Gasteiger partial charge on any atom is -0.490 e. The molecule has 0 radical (unpaired) electrons. The molecule has 0 unspecified atom stereocenters. The fraction of sp³-hybridized carbons (Fsp3) is 0.474. The molecule has 25 heavy (non-hydrogen) atoms. The molecule has 1 aliphatic heterocycles. The van der Waals surface area contributed by atoms with E-state index in [1.54, 1.807) is 4.57 Å². The minimum atomic E-state index is -0.939. The zero-order valence-electron chi connectivity index (χ0n) is 14.0. The van der Waals surface area contributed by atoms with Crippen LogP contribution in [0.15, 0.2) is 18.2 Å². The summed E-state index contributed by atoms with van der Waals surface area (Å²) in [7, 11) is 0. The van der Waals surface area contributed by atoms with Gasteiger partial charge in [-0.1, -0.05) is 18.2 Å². The molecule has 2 aromatic rings. The maximum absolute atomic E-state index is 12.4. The van der Waals surface area contributed by atoms with Crippen LogP contribution in [0.1, 0.15) is 48.2 Å². The van der Waals surface area contributed by atoms with Crippen LogP contribution in [-0.4, -0.2) is 32.6 Å². The van der Waals surface area contributed by atoms with E-state index in [-0.39, 0.29) is 17.8 Å². The summed E-state index contributed by atoms with van der Waals surface area (Å²) in [5.41, 5.74) is 2.32. The highest BCUT2D eigenvalue weighted by Crippen LogP contribution is 2.36. The summed E-state index contributed by atoms with van der Waals surface area (Å²) in [6, 6.07) is 5.79. The number of carbonyl (C=O) groups is 2. The summed E-state index contributed by atoms with van der Waals surface area (Å²) in [5, 5.41) is 10.2. The number of aryl methyl sites for hydroxylation is 1. The van der Waals surface area contributed by atoms with Gasteiger partial charge in [-0.15, -0.1) is 0 Å². The number of carbonyl (C=O) groups excluding carboxylic acids is 1. The van der Waals surface area contributed by atoms with Crippen LogP contribution >= 0.6 is 11.8 Å². The van der Waals surface area contributed by atoms with Crippen LogP contribution in [0.25, 0.3) is 10.9 Å². The van der Waals surface area contributed by atoms with E-state index in [0.29, 0.717) is 5.69 Å². The average Bonchev–Trinajstić information content (AvgIpc) is 2.90.